The Kier molecular flexibility index (Phi) is 6.41. The predicted octanol–water partition coefficient (Wildman–Crippen LogP) is 1.38. The van der Waals surface area contributed by atoms with Crippen LogP contribution >= 0.6 is 11.6 Å². The van der Waals surface area contributed by atoms with Crippen molar-refractivity contribution in [1.82, 2.24) is 20.1 Å². The average molecular weight is 422 g/mol. The molecule has 0 spiro atoms. The molecule has 0 bridgehead atoms. The fraction of sp³-hybridized carbons (Fsp3) is 0.368. The number of hydrazine groups is 1. The maximum absolute atomic E-state index is 13.7. The fourth-order valence-electron chi connectivity index (χ4n) is 3.42. The minimum atomic E-state index is -0.442. The molecule has 3 rings (SSSR count). The van der Waals surface area contributed by atoms with E-state index in [1.54, 1.807) is 11.1 Å². The second kappa shape index (κ2) is 8.81. The summed E-state index contributed by atoms with van der Waals surface area (Å²) in [6, 6.07) is 4.72. The van der Waals surface area contributed by atoms with Gasteiger partial charge in [0.05, 0.1) is 30.7 Å². The molecule has 0 fully saturated rings. The third kappa shape index (κ3) is 4.87. The van der Waals surface area contributed by atoms with Crippen LogP contribution in [0.4, 0.5) is 10.1 Å². The normalized spacial score (nSPS) is 14.6. The predicted molar refractivity (Wildman–Crippen MR) is 111 cm³/mol. The van der Waals surface area contributed by atoms with Crippen LogP contribution in [0.5, 0.6) is 0 Å². The van der Waals surface area contributed by atoms with Crippen LogP contribution in [0.1, 0.15) is 17.5 Å². The van der Waals surface area contributed by atoms with E-state index in [1.165, 1.54) is 18.3 Å². The van der Waals surface area contributed by atoms with Gasteiger partial charge in [-0.25, -0.2) is 15.3 Å². The lowest BCUT2D eigenvalue weighted by atomic mass is 10.1. The van der Waals surface area contributed by atoms with Crippen molar-refractivity contribution in [3.05, 3.63) is 68.1 Å². The molecule has 2 aromatic rings. The van der Waals surface area contributed by atoms with Crippen LogP contribution in [0.2, 0.25) is 5.02 Å². The first-order chi connectivity index (χ1) is 13.8. The number of aromatic amines is 1. The number of nitrogens with two attached hydrogens (primary N) is 2. The Labute approximate surface area is 173 Å². The van der Waals surface area contributed by atoms with E-state index < -0.39 is 5.56 Å². The molecule has 0 radical (unpaired) electrons. The molecule has 29 heavy (non-hydrogen) atoms. The Morgan fingerprint density at radius 2 is 2.07 bits per heavy atom. The first kappa shape index (κ1) is 21.1. The maximum Gasteiger partial charge on any atom is 0.285 e. The second-order valence-corrected chi connectivity index (χ2v) is 7.70. The van der Waals surface area contributed by atoms with Crippen molar-refractivity contribution < 1.29 is 4.39 Å². The number of nitrogens with one attached hydrogen (secondary N) is 1. The van der Waals surface area contributed by atoms with Gasteiger partial charge in [0, 0.05) is 25.2 Å². The highest BCUT2D eigenvalue weighted by molar-refractivity contribution is 6.33. The molecule has 0 aliphatic carbocycles. The molecule has 8 nitrogen and oxygen atoms in total. The number of H-pyrrole nitrogens is 1. The molecule has 1 aliphatic rings. The number of hydrogen-bond acceptors (Lipinski definition) is 7. The van der Waals surface area contributed by atoms with Crippen LogP contribution in [-0.2, 0) is 13.1 Å². The van der Waals surface area contributed by atoms with Gasteiger partial charge in [0.2, 0.25) is 0 Å². The molecule has 156 valence electrons. The molecule has 0 atom stereocenters. The van der Waals surface area contributed by atoms with Crippen molar-refractivity contribution in [1.29, 1.82) is 0 Å². The Morgan fingerprint density at radius 3 is 2.76 bits per heavy atom. The van der Waals surface area contributed by atoms with Gasteiger partial charge in [-0.1, -0.05) is 17.7 Å². The van der Waals surface area contributed by atoms with Crippen LogP contribution in [-0.4, -0.2) is 47.3 Å². The zero-order chi connectivity index (χ0) is 21.1. The van der Waals surface area contributed by atoms with Crippen molar-refractivity contribution in [3.63, 3.8) is 0 Å². The summed E-state index contributed by atoms with van der Waals surface area (Å²) in [6.45, 7) is 1.98. The minimum absolute atomic E-state index is 0.0838. The summed E-state index contributed by atoms with van der Waals surface area (Å²) in [4.78, 5) is 15.6. The Hall–Kier alpha value is -2.62. The van der Waals surface area contributed by atoms with Crippen LogP contribution in [0, 0.1) is 5.82 Å². The first-order valence-electron chi connectivity index (χ1n) is 9.16. The number of benzene rings is 1. The molecule has 0 unspecified atom stereocenters. The highest BCUT2D eigenvalue weighted by Crippen LogP contribution is 2.27. The minimum Gasteiger partial charge on any atom is -0.399 e. The summed E-state index contributed by atoms with van der Waals surface area (Å²) in [5, 5.41) is 7.80. The van der Waals surface area contributed by atoms with E-state index in [0.717, 1.165) is 16.8 Å². The SMILES string of the molecule is CN(C)Cc1cc(F)ccc1CN(N)C1=C(N)CN(c2cn[nH]c(=O)c2Cl)CC1. The van der Waals surface area contributed by atoms with Crippen molar-refractivity contribution in [2.75, 3.05) is 32.1 Å². The standard InChI is InChI=1S/C19H25ClFN7O/c1-26(2)9-13-7-14(21)4-3-12(13)10-28(23)16-5-6-27(11-15(16)22)17-8-24-25-19(29)18(17)20/h3-4,7-8H,5-6,9-11,22-23H2,1-2H3,(H,25,29). The fourth-order valence-corrected chi connectivity index (χ4v) is 3.63. The molecule has 2 heterocycles. The van der Waals surface area contributed by atoms with Crippen molar-refractivity contribution in [2.24, 2.45) is 11.6 Å². The molecule has 0 saturated carbocycles. The molecule has 1 aromatic heterocycles. The summed E-state index contributed by atoms with van der Waals surface area (Å²) in [5.41, 5.74) is 9.60. The van der Waals surface area contributed by atoms with Gasteiger partial charge in [0.15, 0.2) is 0 Å². The van der Waals surface area contributed by atoms with E-state index in [-0.39, 0.29) is 10.8 Å². The summed E-state index contributed by atoms with van der Waals surface area (Å²) in [5.74, 6) is 6.05. The van der Waals surface area contributed by atoms with E-state index in [4.69, 9.17) is 23.2 Å². The van der Waals surface area contributed by atoms with Crippen LogP contribution < -0.4 is 22.0 Å². The number of halogens is 2. The van der Waals surface area contributed by atoms with Gasteiger partial charge >= 0.3 is 0 Å². The summed E-state index contributed by atoms with van der Waals surface area (Å²) < 4.78 is 13.7. The topological polar surface area (TPSA) is 108 Å². The maximum atomic E-state index is 13.7. The molecule has 10 heteroatoms. The number of anilines is 1. The molecule has 0 amide bonds. The largest absolute Gasteiger partial charge is 0.399 e. The molecule has 1 aliphatic heterocycles. The van der Waals surface area contributed by atoms with Gasteiger partial charge in [-0.2, -0.15) is 5.10 Å². The number of nitrogens with zero attached hydrogens (tertiary/aromatic N) is 4. The van der Waals surface area contributed by atoms with Crippen molar-refractivity contribution >= 4 is 17.3 Å². The van der Waals surface area contributed by atoms with E-state index >= 15 is 0 Å². The van der Waals surface area contributed by atoms with Crippen molar-refractivity contribution in [2.45, 2.75) is 19.5 Å². The van der Waals surface area contributed by atoms with Gasteiger partial charge in [0.1, 0.15) is 10.8 Å². The number of rotatable bonds is 6. The van der Waals surface area contributed by atoms with Gasteiger partial charge in [0.25, 0.3) is 5.56 Å². The van der Waals surface area contributed by atoms with E-state index in [9.17, 15) is 9.18 Å². The zero-order valence-corrected chi connectivity index (χ0v) is 17.2. The summed E-state index contributed by atoms with van der Waals surface area (Å²) >= 11 is 6.10. The number of aromatic nitrogens is 2. The van der Waals surface area contributed by atoms with E-state index in [0.29, 0.717) is 44.0 Å². The Morgan fingerprint density at radius 1 is 1.31 bits per heavy atom. The molecular weight excluding hydrogens is 397 g/mol. The Bertz CT molecular complexity index is 975. The Balaban J connectivity index is 1.78. The van der Waals surface area contributed by atoms with Crippen LogP contribution in [0.25, 0.3) is 0 Å². The van der Waals surface area contributed by atoms with Gasteiger partial charge in [-0.3, -0.25) is 4.79 Å². The lowest BCUT2D eigenvalue weighted by Gasteiger charge is -2.34. The third-order valence-corrected chi connectivity index (χ3v) is 5.18. The third-order valence-electron chi connectivity index (χ3n) is 4.81. The molecule has 0 saturated heterocycles. The molecule has 5 N–H and O–H groups in total. The highest BCUT2D eigenvalue weighted by atomic mass is 35.5. The second-order valence-electron chi connectivity index (χ2n) is 7.32. The van der Waals surface area contributed by atoms with Gasteiger partial charge in [-0.05, 0) is 37.4 Å². The van der Waals surface area contributed by atoms with Crippen LogP contribution in [0.15, 0.2) is 40.6 Å². The molecular formula is C19H25ClFN7O. The lowest BCUT2D eigenvalue weighted by Crippen LogP contribution is -2.42. The van der Waals surface area contributed by atoms with Gasteiger partial charge < -0.3 is 20.5 Å². The van der Waals surface area contributed by atoms with Crippen LogP contribution in [0.3, 0.4) is 0 Å². The smallest absolute Gasteiger partial charge is 0.285 e. The molecule has 1 aromatic carbocycles. The highest BCUT2D eigenvalue weighted by Gasteiger charge is 2.23. The van der Waals surface area contributed by atoms with Gasteiger partial charge in [-0.15, -0.1) is 0 Å². The summed E-state index contributed by atoms with van der Waals surface area (Å²) in [7, 11) is 3.86. The average Bonchev–Trinajstić information content (AvgIpc) is 2.65. The van der Waals surface area contributed by atoms with Crippen molar-refractivity contribution in [3.8, 4) is 0 Å². The quantitative estimate of drug-likeness (QED) is 0.477. The van der Waals surface area contributed by atoms with E-state index in [1.807, 2.05) is 23.9 Å². The zero-order valence-electron chi connectivity index (χ0n) is 16.5. The van der Waals surface area contributed by atoms with E-state index in [2.05, 4.69) is 10.2 Å². The summed E-state index contributed by atoms with van der Waals surface area (Å²) in [6.07, 6.45) is 2.09. The number of hydrogen-bond donors (Lipinski definition) is 3. The first-order valence-corrected chi connectivity index (χ1v) is 9.54. The monoisotopic (exact) mass is 421 g/mol. The lowest BCUT2D eigenvalue weighted by molar-refractivity contribution is 0.323.